The first-order valence-electron chi connectivity index (χ1n) is 10.3. The zero-order chi connectivity index (χ0) is 23.6. The Bertz CT molecular complexity index is 867. The molecule has 0 atom stereocenters. The second-order valence-electron chi connectivity index (χ2n) is 7.61. The van der Waals surface area contributed by atoms with Gasteiger partial charge in [-0.15, -0.1) is 0 Å². The molecule has 0 spiro atoms. The Balaban J connectivity index is 1.77. The quantitative estimate of drug-likeness (QED) is 0.187. The van der Waals surface area contributed by atoms with Crippen LogP contribution in [-0.2, 0) is 14.4 Å². The van der Waals surface area contributed by atoms with Crippen molar-refractivity contribution in [3.05, 3.63) is 64.7 Å². The van der Waals surface area contributed by atoms with Gasteiger partial charge in [0.2, 0.25) is 0 Å². The fourth-order valence-corrected chi connectivity index (χ4v) is 2.95. The predicted octanol–water partition coefficient (Wildman–Crippen LogP) is 4.84. The number of ketones is 1. The first-order valence-corrected chi connectivity index (χ1v) is 10.6. The molecule has 0 saturated carbocycles. The van der Waals surface area contributed by atoms with Crippen LogP contribution in [-0.4, -0.2) is 46.4 Å². The summed E-state index contributed by atoms with van der Waals surface area (Å²) in [7, 11) is 0. The SMILES string of the molecule is CC(C)(Oc1ccc(C(=O)c2ccc(Cl)cc2)cc1)C(=O)OCCCCCCON(O)O. The summed E-state index contributed by atoms with van der Waals surface area (Å²) in [5.74, 6) is -0.178. The number of unbranched alkanes of at least 4 members (excludes halogenated alkanes) is 3. The average Bonchev–Trinajstić information content (AvgIpc) is 2.75. The van der Waals surface area contributed by atoms with Crippen molar-refractivity contribution in [1.82, 2.24) is 5.39 Å². The van der Waals surface area contributed by atoms with Crippen molar-refractivity contribution in [1.29, 1.82) is 0 Å². The van der Waals surface area contributed by atoms with Crippen LogP contribution in [0.15, 0.2) is 48.5 Å². The number of ether oxygens (including phenoxy) is 2. The van der Waals surface area contributed by atoms with Gasteiger partial charge in [0.25, 0.3) is 0 Å². The third-order valence-electron chi connectivity index (χ3n) is 4.57. The van der Waals surface area contributed by atoms with Crippen molar-refractivity contribution in [2.45, 2.75) is 45.1 Å². The average molecular weight is 466 g/mol. The minimum atomic E-state index is -1.19. The van der Waals surface area contributed by atoms with Crippen LogP contribution in [0.1, 0.15) is 55.5 Å². The number of hydrogen-bond donors (Lipinski definition) is 2. The van der Waals surface area contributed by atoms with Crippen molar-refractivity contribution in [3.8, 4) is 5.75 Å². The van der Waals surface area contributed by atoms with Gasteiger partial charge in [0.1, 0.15) is 5.75 Å². The minimum absolute atomic E-state index is 0.136. The van der Waals surface area contributed by atoms with E-state index in [4.69, 9.17) is 31.5 Å². The molecule has 8 nitrogen and oxygen atoms in total. The lowest BCUT2D eigenvalue weighted by Crippen LogP contribution is -2.39. The van der Waals surface area contributed by atoms with E-state index in [1.165, 1.54) is 0 Å². The molecule has 9 heteroatoms. The van der Waals surface area contributed by atoms with Gasteiger partial charge < -0.3 is 9.47 Å². The highest BCUT2D eigenvalue weighted by atomic mass is 35.5. The summed E-state index contributed by atoms with van der Waals surface area (Å²) in [5, 5.41) is 17.1. The Hall–Kier alpha value is -2.49. The summed E-state index contributed by atoms with van der Waals surface area (Å²) in [6, 6.07) is 13.2. The smallest absolute Gasteiger partial charge is 0.349 e. The number of rotatable bonds is 13. The molecule has 2 aromatic carbocycles. The van der Waals surface area contributed by atoms with Gasteiger partial charge in [0.05, 0.1) is 18.6 Å². The van der Waals surface area contributed by atoms with Gasteiger partial charge in [-0.1, -0.05) is 18.0 Å². The zero-order valence-corrected chi connectivity index (χ0v) is 18.9. The molecule has 0 saturated heterocycles. The molecule has 32 heavy (non-hydrogen) atoms. The molecular weight excluding hydrogens is 438 g/mol. The van der Waals surface area contributed by atoms with Crippen LogP contribution < -0.4 is 4.74 Å². The van der Waals surface area contributed by atoms with Crippen molar-refractivity contribution in [3.63, 3.8) is 0 Å². The van der Waals surface area contributed by atoms with E-state index < -0.39 is 11.6 Å². The maximum atomic E-state index is 12.5. The van der Waals surface area contributed by atoms with E-state index in [0.29, 0.717) is 34.7 Å². The Morgan fingerprint density at radius 3 is 1.97 bits per heavy atom. The highest BCUT2D eigenvalue weighted by molar-refractivity contribution is 6.30. The van der Waals surface area contributed by atoms with Gasteiger partial charge >= 0.3 is 5.97 Å². The number of carbonyl (C=O) groups excluding carboxylic acids is 2. The fourth-order valence-electron chi connectivity index (χ4n) is 2.82. The van der Waals surface area contributed by atoms with Gasteiger partial charge in [-0.05, 0) is 81.6 Å². The van der Waals surface area contributed by atoms with Crippen LogP contribution in [0, 0.1) is 0 Å². The second-order valence-corrected chi connectivity index (χ2v) is 8.05. The van der Waals surface area contributed by atoms with Crippen molar-refractivity contribution >= 4 is 23.4 Å². The summed E-state index contributed by atoms with van der Waals surface area (Å²) < 4.78 is 11.1. The standard InChI is InChI=1S/C23H28ClNO7/c1-23(2,22(27)30-15-5-3-4-6-16-31-25(28)29)32-20-13-9-18(10-14-20)21(26)17-7-11-19(24)12-8-17/h7-14,28-29H,3-6,15-16H2,1-2H3. The normalized spacial score (nSPS) is 11.4. The third kappa shape index (κ3) is 8.57. The van der Waals surface area contributed by atoms with E-state index in [-0.39, 0.29) is 24.4 Å². The largest absolute Gasteiger partial charge is 0.476 e. The van der Waals surface area contributed by atoms with Gasteiger partial charge in [-0.2, -0.15) is 0 Å². The van der Waals surface area contributed by atoms with Gasteiger partial charge in [0.15, 0.2) is 11.4 Å². The molecule has 0 bridgehead atoms. The molecule has 0 fully saturated rings. The molecule has 0 radical (unpaired) electrons. The van der Waals surface area contributed by atoms with Crippen LogP contribution in [0.25, 0.3) is 0 Å². The number of nitrogens with zero attached hydrogens (tertiary/aromatic N) is 1. The Kier molecular flexibility index (Phi) is 10.1. The molecule has 0 aromatic heterocycles. The number of esters is 1. The van der Waals surface area contributed by atoms with Crippen LogP contribution >= 0.6 is 11.6 Å². The zero-order valence-electron chi connectivity index (χ0n) is 18.1. The van der Waals surface area contributed by atoms with Crippen LogP contribution in [0.5, 0.6) is 5.75 Å². The van der Waals surface area contributed by atoms with E-state index in [9.17, 15) is 9.59 Å². The summed E-state index contributed by atoms with van der Waals surface area (Å²) in [6.07, 6.45) is 2.92. The first kappa shape index (κ1) is 25.8. The molecule has 174 valence electrons. The predicted molar refractivity (Wildman–Crippen MR) is 117 cm³/mol. The van der Waals surface area contributed by atoms with E-state index in [2.05, 4.69) is 4.84 Å². The minimum Gasteiger partial charge on any atom is -0.476 e. The van der Waals surface area contributed by atoms with E-state index in [1.54, 1.807) is 62.4 Å². The number of benzene rings is 2. The Morgan fingerprint density at radius 2 is 1.41 bits per heavy atom. The van der Waals surface area contributed by atoms with E-state index in [0.717, 1.165) is 12.8 Å². The van der Waals surface area contributed by atoms with Gasteiger partial charge in [0, 0.05) is 16.1 Å². The van der Waals surface area contributed by atoms with Crippen molar-refractivity contribution in [2.75, 3.05) is 13.2 Å². The number of hydrogen-bond acceptors (Lipinski definition) is 8. The monoisotopic (exact) mass is 465 g/mol. The molecule has 0 aliphatic carbocycles. The van der Waals surface area contributed by atoms with E-state index >= 15 is 0 Å². The van der Waals surface area contributed by atoms with Crippen LogP contribution in [0.2, 0.25) is 5.02 Å². The molecule has 0 heterocycles. The maximum absolute atomic E-state index is 12.5. The molecule has 2 rings (SSSR count). The summed E-state index contributed by atoms with van der Waals surface area (Å²) in [4.78, 5) is 29.4. The molecule has 0 amide bonds. The number of carbonyl (C=O) groups is 2. The second kappa shape index (κ2) is 12.5. The first-order chi connectivity index (χ1) is 15.2. The topological polar surface area (TPSA) is 106 Å². The summed E-state index contributed by atoms with van der Waals surface area (Å²) in [6.45, 7) is 3.69. The lowest BCUT2D eigenvalue weighted by Gasteiger charge is -2.24. The van der Waals surface area contributed by atoms with Gasteiger partial charge in [-0.3, -0.25) is 20.0 Å². The van der Waals surface area contributed by atoms with E-state index in [1.807, 2.05) is 0 Å². The lowest BCUT2D eigenvalue weighted by atomic mass is 10.0. The summed E-state index contributed by atoms with van der Waals surface area (Å²) in [5.41, 5.74) is -0.166. The molecule has 0 aliphatic rings. The van der Waals surface area contributed by atoms with Crippen molar-refractivity contribution < 1.29 is 34.3 Å². The van der Waals surface area contributed by atoms with Crippen LogP contribution in [0.3, 0.4) is 0 Å². The van der Waals surface area contributed by atoms with Gasteiger partial charge in [-0.25, -0.2) is 4.79 Å². The number of halogens is 1. The highest BCUT2D eigenvalue weighted by Gasteiger charge is 2.31. The fraction of sp³-hybridized carbons (Fsp3) is 0.391. The lowest BCUT2D eigenvalue weighted by molar-refractivity contribution is -0.492. The Morgan fingerprint density at radius 1 is 0.875 bits per heavy atom. The molecule has 0 aliphatic heterocycles. The van der Waals surface area contributed by atoms with Crippen LogP contribution in [0.4, 0.5) is 0 Å². The molecule has 0 unspecified atom stereocenters. The molecule has 2 aromatic rings. The summed E-state index contributed by atoms with van der Waals surface area (Å²) >= 11 is 5.86. The molecular formula is C23H28ClNO7. The molecule has 2 N–H and O–H groups in total. The third-order valence-corrected chi connectivity index (χ3v) is 4.82. The van der Waals surface area contributed by atoms with Crippen molar-refractivity contribution in [2.24, 2.45) is 0 Å². The Labute approximate surface area is 192 Å². The highest BCUT2D eigenvalue weighted by Crippen LogP contribution is 2.22. The maximum Gasteiger partial charge on any atom is 0.349 e.